The molecule has 3 aromatic rings. The molecule has 1 fully saturated rings. The molecule has 0 bridgehead atoms. The lowest BCUT2D eigenvalue weighted by Gasteiger charge is -2.28. The minimum Gasteiger partial charge on any atom is -0.395 e. The Morgan fingerprint density at radius 1 is 1.18 bits per heavy atom. The molecule has 1 aliphatic heterocycles. The lowest BCUT2D eigenvalue weighted by molar-refractivity contribution is 0.0143. The normalized spacial score (nSPS) is 16.4. The van der Waals surface area contributed by atoms with Gasteiger partial charge in [-0.2, -0.15) is 0 Å². The van der Waals surface area contributed by atoms with E-state index in [-0.39, 0.29) is 6.61 Å². The average Bonchev–Trinajstić information content (AvgIpc) is 3.21. The average molecular weight is 382 g/mol. The number of aromatic nitrogens is 2. The number of hydrogen-bond donors (Lipinski definition) is 4. The van der Waals surface area contributed by atoms with Gasteiger partial charge in [-0.05, 0) is 28.8 Å². The summed E-state index contributed by atoms with van der Waals surface area (Å²) in [6.07, 6.45) is 1.36. The highest BCUT2D eigenvalue weighted by Gasteiger charge is 2.16. The Hall–Kier alpha value is -2.45. The van der Waals surface area contributed by atoms with Crippen molar-refractivity contribution in [2.75, 3.05) is 51.3 Å². The molecule has 1 atom stereocenters. The Labute approximate surface area is 164 Å². The summed E-state index contributed by atoms with van der Waals surface area (Å²) in [5.74, 6) is 0.718. The maximum absolute atomic E-state index is 10.6. The van der Waals surface area contributed by atoms with Crippen LogP contribution in [0.4, 0.5) is 5.82 Å². The molecule has 0 amide bonds. The number of hydrogen-bond acceptors (Lipinski definition) is 6. The number of fused-ring (bicyclic) bond motifs is 1. The summed E-state index contributed by atoms with van der Waals surface area (Å²) in [4.78, 5) is 9.92. The van der Waals surface area contributed by atoms with Gasteiger partial charge >= 0.3 is 0 Å². The standard InChI is InChI=1S/C21H26N4O3/c26-10-7-22-20-13-18(17-5-6-23-21(17)24-20)15-1-3-16(4-2-15)19(27)14-25-8-11-28-12-9-25/h1-6,13,19,26-27H,7-12,14H2,(H2,22,23,24)/t19-/m1/s1. The largest absolute Gasteiger partial charge is 0.395 e. The Kier molecular flexibility index (Phi) is 5.87. The van der Waals surface area contributed by atoms with Crippen LogP contribution in [0.2, 0.25) is 0 Å². The van der Waals surface area contributed by atoms with Crippen LogP contribution in [-0.2, 0) is 4.74 Å². The van der Waals surface area contributed by atoms with Crippen LogP contribution in [0, 0.1) is 0 Å². The molecule has 28 heavy (non-hydrogen) atoms. The molecule has 0 unspecified atom stereocenters. The third-order valence-corrected chi connectivity index (χ3v) is 5.09. The number of anilines is 1. The Balaban J connectivity index is 1.55. The van der Waals surface area contributed by atoms with Crippen molar-refractivity contribution in [3.05, 3.63) is 48.2 Å². The van der Waals surface area contributed by atoms with Crippen molar-refractivity contribution in [3.63, 3.8) is 0 Å². The van der Waals surface area contributed by atoms with Gasteiger partial charge in [-0.3, -0.25) is 4.90 Å². The maximum atomic E-state index is 10.6. The van der Waals surface area contributed by atoms with E-state index >= 15 is 0 Å². The molecule has 7 heteroatoms. The molecule has 2 aromatic heterocycles. The maximum Gasteiger partial charge on any atom is 0.140 e. The smallest absolute Gasteiger partial charge is 0.140 e. The van der Waals surface area contributed by atoms with E-state index in [2.05, 4.69) is 20.2 Å². The van der Waals surface area contributed by atoms with Crippen LogP contribution in [0.15, 0.2) is 42.6 Å². The zero-order chi connectivity index (χ0) is 19.3. The van der Waals surface area contributed by atoms with Crippen LogP contribution in [-0.4, -0.2) is 71.1 Å². The first-order chi connectivity index (χ1) is 13.7. The zero-order valence-electron chi connectivity index (χ0n) is 15.8. The molecule has 7 nitrogen and oxygen atoms in total. The number of aliphatic hydroxyl groups is 2. The Morgan fingerprint density at radius 2 is 1.96 bits per heavy atom. The van der Waals surface area contributed by atoms with E-state index < -0.39 is 6.10 Å². The van der Waals surface area contributed by atoms with Crippen molar-refractivity contribution in [2.24, 2.45) is 0 Å². The van der Waals surface area contributed by atoms with Crippen molar-refractivity contribution in [3.8, 4) is 11.1 Å². The van der Waals surface area contributed by atoms with Crippen LogP contribution in [0.1, 0.15) is 11.7 Å². The van der Waals surface area contributed by atoms with Crippen LogP contribution >= 0.6 is 0 Å². The number of rotatable bonds is 7. The van der Waals surface area contributed by atoms with Gasteiger partial charge in [0.1, 0.15) is 11.5 Å². The molecular formula is C21H26N4O3. The molecular weight excluding hydrogens is 356 g/mol. The molecule has 148 valence electrons. The number of ether oxygens (including phenoxy) is 1. The van der Waals surface area contributed by atoms with Gasteiger partial charge in [0.25, 0.3) is 0 Å². The number of β-amino-alcohol motifs (C(OH)–C–C–N with tert-alkyl or cyclic N) is 1. The minimum absolute atomic E-state index is 0.0511. The Bertz CT molecular complexity index is 904. The lowest BCUT2D eigenvalue weighted by atomic mass is 10.00. The minimum atomic E-state index is -0.515. The van der Waals surface area contributed by atoms with Crippen molar-refractivity contribution in [2.45, 2.75) is 6.10 Å². The molecule has 4 rings (SSSR count). The summed E-state index contributed by atoms with van der Waals surface area (Å²) in [5.41, 5.74) is 3.82. The summed E-state index contributed by atoms with van der Waals surface area (Å²) in [6.45, 7) is 4.30. The summed E-state index contributed by atoms with van der Waals surface area (Å²) >= 11 is 0. The van der Waals surface area contributed by atoms with Gasteiger partial charge in [-0.1, -0.05) is 24.3 Å². The van der Waals surface area contributed by atoms with Crippen LogP contribution in [0.5, 0.6) is 0 Å². The first-order valence-corrected chi connectivity index (χ1v) is 9.66. The Morgan fingerprint density at radius 3 is 2.71 bits per heavy atom. The number of aromatic amines is 1. The van der Waals surface area contributed by atoms with E-state index in [1.54, 1.807) is 0 Å². The molecule has 1 saturated heterocycles. The van der Waals surface area contributed by atoms with Crippen LogP contribution in [0.3, 0.4) is 0 Å². The second-order valence-corrected chi connectivity index (χ2v) is 7.00. The monoisotopic (exact) mass is 382 g/mol. The molecule has 1 aromatic carbocycles. The third kappa shape index (κ3) is 4.18. The molecule has 0 saturated carbocycles. The number of pyridine rings is 1. The number of benzene rings is 1. The van der Waals surface area contributed by atoms with Crippen molar-refractivity contribution in [1.82, 2.24) is 14.9 Å². The second kappa shape index (κ2) is 8.70. The van der Waals surface area contributed by atoms with E-state index in [1.165, 1.54) is 0 Å². The fraction of sp³-hybridized carbons (Fsp3) is 0.381. The lowest BCUT2D eigenvalue weighted by Crippen LogP contribution is -2.38. The van der Waals surface area contributed by atoms with E-state index in [1.807, 2.05) is 42.6 Å². The molecule has 0 spiro atoms. The van der Waals surface area contributed by atoms with Gasteiger partial charge in [-0.15, -0.1) is 0 Å². The number of morpholine rings is 1. The van der Waals surface area contributed by atoms with Crippen LogP contribution < -0.4 is 5.32 Å². The predicted octanol–water partition coefficient (Wildman–Crippen LogP) is 2.00. The van der Waals surface area contributed by atoms with Gasteiger partial charge in [0.05, 0.1) is 25.9 Å². The van der Waals surface area contributed by atoms with E-state index in [0.717, 1.165) is 59.8 Å². The first-order valence-electron chi connectivity index (χ1n) is 9.66. The summed E-state index contributed by atoms with van der Waals surface area (Å²) in [6, 6.07) is 12.0. The number of H-pyrrole nitrogens is 1. The topological polar surface area (TPSA) is 93.6 Å². The predicted molar refractivity (Wildman–Crippen MR) is 109 cm³/mol. The molecule has 0 aliphatic carbocycles. The third-order valence-electron chi connectivity index (χ3n) is 5.09. The highest BCUT2D eigenvalue weighted by Crippen LogP contribution is 2.30. The highest BCUT2D eigenvalue weighted by atomic mass is 16.5. The van der Waals surface area contributed by atoms with E-state index in [0.29, 0.717) is 13.1 Å². The fourth-order valence-electron chi connectivity index (χ4n) is 3.57. The number of nitrogens with zero attached hydrogens (tertiary/aromatic N) is 2. The van der Waals surface area contributed by atoms with Crippen molar-refractivity contribution in [1.29, 1.82) is 0 Å². The SMILES string of the molecule is OCCNc1cc(-c2ccc([C@H](O)CN3CCOCC3)cc2)c2cc[nH]c2n1. The van der Waals surface area contributed by atoms with E-state index in [4.69, 9.17) is 9.84 Å². The summed E-state index contributed by atoms with van der Waals surface area (Å²) in [7, 11) is 0. The van der Waals surface area contributed by atoms with Crippen molar-refractivity contribution < 1.29 is 14.9 Å². The molecule has 3 heterocycles. The molecule has 1 aliphatic rings. The fourth-order valence-corrected chi connectivity index (χ4v) is 3.57. The van der Waals surface area contributed by atoms with Gasteiger partial charge in [0, 0.05) is 37.8 Å². The van der Waals surface area contributed by atoms with Crippen molar-refractivity contribution >= 4 is 16.9 Å². The van der Waals surface area contributed by atoms with E-state index in [9.17, 15) is 5.11 Å². The van der Waals surface area contributed by atoms with Gasteiger partial charge in [0.2, 0.25) is 0 Å². The second-order valence-electron chi connectivity index (χ2n) is 7.00. The van der Waals surface area contributed by atoms with Gasteiger partial charge in [0.15, 0.2) is 0 Å². The zero-order valence-corrected chi connectivity index (χ0v) is 15.8. The quantitative estimate of drug-likeness (QED) is 0.499. The molecule has 4 N–H and O–H groups in total. The summed E-state index contributed by atoms with van der Waals surface area (Å²) in [5, 5.41) is 23.8. The summed E-state index contributed by atoms with van der Waals surface area (Å²) < 4.78 is 5.36. The number of nitrogens with one attached hydrogen (secondary N) is 2. The van der Waals surface area contributed by atoms with Crippen LogP contribution in [0.25, 0.3) is 22.2 Å². The highest BCUT2D eigenvalue weighted by molar-refractivity contribution is 5.94. The first kappa shape index (κ1) is 18.9. The molecule has 0 radical (unpaired) electrons. The number of aliphatic hydroxyl groups excluding tert-OH is 2. The van der Waals surface area contributed by atoms with Gasteiger partial charge in [-0.25, -0.2) is 4.98 Å². The van der Waals surface area contributed by atoms with Gasteiger partial charge < -0.3 is 25.3 Å².